The van der Waals surface area contributed by atoms with Crippen LogP contribution in [-0.2, 0) is 0 Å². The number of rotatable bonds is 1. The highest BCUT2D eigenvalue weighted by molar-refractivity contribution is 6.99. The Morgan fingerprint density at radius 3 is 2.44 bits per heavy atom. The lowest BCUT2D eigenvalue weighted by Gasteiger charge is -1.83. The average molecular weight is 142 g/mol. The van der Waals surface area contributed by atoms with Gasteiger partial charge in [-0.25, -0.2) is 0 Å². The van der Waals surface area contributed by atoms with Gasteiger partial charge in [-0.2, -0.15) is 8.75 Å². The van der Waals surface area contributed by atoms with Crippen molar-refractivity contribution in [1.82, 2.24) is 8.75 Å². The zero-order valence-corrected chi connectivity index (χ0v) is 6.03. The third-order valence-corrected chi connectivity index (χ3v) is 1.61. The van der Waals surface area contributed by atoms with Crippen LogP contribution in [0.1, 0.15) is 23.1 Å². The Hall–Kier alpha value is -0.770. The topological polar surface area (TPSA) is 42.9 Å². The van der Waals surface area contributed by atoms with Crippen LogP contribution >= 0.6 is 11.7 Å². The van der Waals surface area contributed by atoms with E-state index in [4.69, 9.17) is 0 Å². The molecular weight excluding hydrogens is 136 g/mol. The van der Waals surface area contributed by atoms with Crippen LogP contribution in [0, 0.1) is 6.92 Å². The molecule has 0 aliphatic heterocycles. The third-order valence-electron chi connectivity index (χ3n) is 0.986. The first kappa shape index (κ1) is 6.35. The minimum absolute atomic E-state index is 0.0127. The van der Waals surface area contributed by atoms with E-state index in [1.165, 1.54) is 6.92 Å². The Morgan fingerprint density at radius 1 is 1.56 bits per heavy atom. The molecule has 0 spiro atoms. The van der Waals surface area contributed by atoms with Crippen LogP contribution in [0.5, 0.6) is 0 Å². The molecule has 1 rings (SSSR count). The molecule has 0 bridgehead atoms. The largest absolute Gasteiger partial charge is 0.293 e. The molecule has 1 aromatic heterocycles. The van der Waals surface area contributed by atoms with Crippen molar-refractivity contribution in [3.63, 3.8) is 0 Å². The molecule has 4 heteroatoms. The molecule has 9 heavy (non-hydrogen) atoms. The molecule has 0 radical (unpaired) electrons. The molecule has 0 aliphatic carbocycles. The first-order valence-electron chi connectivity index (χ1n) is 2.52. The molecule has 0 amide bonds. The Kier molecular flexibility index (Phi) is 1.57. The van der Waals surface area contributed by atoms with Crippen molar-refractivity contribution in [1.29, 1.82) is 0 Å². The van der Waals surface area contributed by atoms with Crippen LogP contribution in [0.3, 0.4) is 0 Å². The quantitative estimate of drug-likeness (QED) is 0.550. The van der Waals surface area contributed by atoms with Gasteiger partial charge in [0, 0.05) is 6.92 Å². The summed E-state index contributed by atoms with van der Waals surface area (Å²) in [6, 6.07) is 0. The predicted octanol–water partition coefficient (Wildman–Crippen LogP) is 1.05. The molecule has 1 heterocycles. The lowest BCUT2D eigenvalue weighted by Crippen LogP contribution is -1.93. The summed E-state index contributed by atoms with van der Waals surface area (Å²) in [5.41, 5.74) is 1.23. The lowest BCUT2D eigenvalue weighted by atomic mass is 10.3. The van der Waals surface area contributed by atoms with E-state index >= 15 is 0 Å². The van der Waals surface area contributed by atoms with E-state index in [1.807, 2.05) is 0 Å². The summed E-state index contributed by atoms with van der Waals surface area (Å²) in [5, 5.41) is 0. The molecule has 1 aromatic rings. The van der Waals surface area contributed by atoms with E-state index in [0.717, 1.165) is 17.4 Å². The Morgan fingerprint density at radius 2 is 2.22 bits per heavy atom. The fraction of sp³-hybridized carbons (Fsp3) is 0.400. The number of Topliss-reactive ketones (excluding diaryl/α,β-unsaturated/α-hetero) is 1. The molecule has 0 unspecified atom stereocenters. The molecule has 0 fully saturated rings. The van der Waals surface area contributed by atoms with Gasteiger partial charge in [-0.15, -0.1) is 0 Å². The first-order valence-corrected chi connectivity index (χ1v) is 3.25. The Labute approximate surface area is 57.0 Å². The molecule has 0 saturated heterocycles. The first-order chi connectivity index (χ1) is 4.22. The molecule has 0 aliphatic rings. The van der Waals surface area contributed by atoms with Crippen molar-refractivity contribution in [2.75, 3.05) is 0 Å². The summed E-state index contributed by atoms with van der Waals surface area (Å²) in [6.07, 6.45) is 0. The normalized spacial score (nSPS) is 9.56. The van der Waals surface area contributed by atoms with Gasteiger partial charge in [0.1, 0.15) is 5.69 Å². The second kappa shape index (κ2) is 2.23. The van der Waals surface area contributed by atoms with Crippen molar-refractivity contribution in [2.24, 2.45) is 0 Å². The van der Waals surface area contributed by atoms with E-state index < -0.39 is 0 Å². The maximum absolute atomic E-state index is 10.6. The average Bonchev–Trinajstić information content (AvgIpc) is 2.13. The van der Waals surface area contributed by atoms with Gasteiger partial charge < -0.3 is 0 Å². The minimum Gasteiger partial charge on any atom is -0.293 e. The number of hydrogen-bond donors (Lipinski definition) is 0. The standard InChI is InChI=1S/C5H6N2OS/c1-3-5(4(2)8)7-9-6-3/h1-2H3. The summed E-state index contributed by atoms with van der Waals surface area (Å²) in [6.45, 7) is 3.27. The van der Waals surface area contributed by atoms with Crippen LogP contribution in [0.25, 0.3) is 0 Å². The number of carbonyl (C=O) groups is 1. The van der Waals surface area contributed by atoms with Gasteiger partial charge in [-0.1, -0.05) is 0 Å². The number of aromatic nitrogens is 2. The monoisotopic (exact) mass is 142 g/mol. The van der Waals surface area contributed by atoms with E-state index in [0.29, 0.717) is 5.69 Å². The lowest BCUT2D eigenvalue weighted by molar-refractivity contribution is 0.101. The number of hydrogen-bond acceptors (Lipinski definition) is 4. The summed E-state index contributed by atoms with van der Waals surface area (Å²) >= 11 is 1.07. The second-order valence-corrected chi connectivity index (χ2v) is 2.28. The van der Waals surface area contributed by atoms with E-state index in [9.17, 15) is 4.79 Å². The summed E-state index contributed by atoms with van der Waals surface area (Å²) in [7, 11) is 0. The maximum atomic E-state index is 10.6. The van der Waals surface area contributed by atoms with E-state index in [-0.39, 0.29) is 5.78 Å². The van der Waals surface area contributed by atoms with Gasteiger partial charge in [0.25, 0.3) is 0 Å². The van der Waals surface area contributed by atoms with Crippen molar-refractivity contribution < 1.29 is 4.79 Å². The third kappa shape index (κ3) is 1.13. The van der Waals surface area contributed by atoms with Crippen LogP contribution in [0.15, 0.2) is 0 Å². The molecule has 0 atom stereocenters. The van der Waals surface area contributed by atoms with Gasteiger partial charge in [0.2, 0.25) is 0 Å². The Balaban J connectivity index is 3.08. The molecule has 0 N–H and O–H groups in total. The van der Waals surface area contributed by atoms with Gasteiger partial charge in [-0.3, -0.25) is 4.79 Å². The number of ketones is 1. The van der Waals surface area contributed by atoms with Gasteiger partial charge in [0.15, 0.2) is 5.78 Å². The number of aryl methyl sites for hydroxylation is 1. The summed E-state index contributed by atoms with van der Waals surface area (Å²) in [5.74, 6) is -0.0127. The maximum Gasteiger partial charge on any atom is 0.181 e. The molecule has 0 aromatic carbocycles. The minimum atomic E-state index is -0.0127. The SMILES string of the molecule is CC(=O)c1nsnc1C. The molecular formula is C5H6N2OS. The van der Waals surface area contributed by atoms with Crippen LogP contribution < -0.4 is 0 Å². The van der Waals surface area contributed by atoms with Crippen LogP contribution in [-0.4, -0.2) is 14.5 Å². The Bertz CT molecular complexity index is 231. The zero-order valence-electron chi connectivity index (χ0n) is 5.21. The highest BCUT2D eigenvalue weighted by Crippen LogP contribution is 2.03. The highest BCUT2D eigenvalue weighted by atomic mass is 32.1. The van der Waals surface area contributed by atoms with E-state index in [1.54, 1.807) is 6.92 Å². The fourth-order valence-corrected chi connectivity index (χ4v) is 1.14. The van der Waals surface area contributed by atoms with Gasteiger partial charge >= 0.3 is 0 Å². The van der Waals surface area contributed by atoms with Crippen LogP contribution in [0.2, 0.25) is 0 Å². The molecule has 3 nitrogen and oxygen atoms in total. The zero-order chi connectivity index (χ0) is 6.85. The van der Waals surface area contributed by atoms with Gasteiger partial charge in [-0.05, 0) is 6.92 Å². The van der Waals surface area contributed by atoms with Crippen molar-refractivity contribution >= 4 is 17.5 Å². The van der Waals surface area contributed by atoms with Crippen molar-refractivity contribution in [3.05, 3.63) is 11.4 Å². The van der Waals surface area contributed by atoms with E-state index in [2.05, 4.69) is 8.75 Å². The molecule has 0 saturated carbocycles. The van der Waals surface area contributed by atoms with Gasteiger partial charge in [0.05, 0.1) is 17.4 Å². The number of carbonyl (C=O) groups excluding carboxylic acids is 1. The fourth-order valence-electron chi connectivity index (χ4n) is 0.551. The summed E-state index contributed by atoms with van der Waals surface area (Å²) in [4.78, 5) is 10.6. The van der Waals surface area contributed by atoms with Crippen molar-refractivity contribution in [2.45, 2.75) is 13.8 Å². The predicted molar refractivity (Wildman–Crippen MR) is 34.7 cm³/mol. The number of nitrogens with zero attached hydrogens (tertiary/aromatic N) is 2. The summed E-state index contributed by atoms with van der Waals surface area (Å²) < 4.78 is 7.64. The highest BCUT2D eigenvalue weighted by Gasteiger charge is 2.06. The smallest absolute Gasteiger partial charge is 0.181 e. The second-order valence-electron chi connectivity index (χ2n) is 1.75. The molecule has 48 valence electrons. The van der Waals surface area contributed by atoms with Crippen LogP contribution in [0.4, 0.5) is 0 Å². The van der Waals surface area contributed by atoms with Crippen molar-refractivity contribution in [3.8, 4) is 0 Å².